The third-order valence-corrected chi connectivity index (χ3v) is 3.83. The molecule has 3 nitrogen and oxygen atoms in total. The normalized spacial score (nSPS) is 28.7. The fraction of sp³-hybridized carbons (Fsp3) is 1.00. The summed E-state index contributed by atoms with van der Waals surface area (Å²) in [6.07, 6.45) is 4.29. The molecule has 0 spiro atoms. The molecule has 2 saturated heterocycles. The Morgan fingerprint density at radius 1 is 1.06 bits per heavy atom. The number of halogens is 1. The number of ether oxygens (including phenoxy) is 1. The van der Waals surface area contributed by atoms with Gasteiger partial charge in [0.15, 0.2) is 0 Å². The predicted octanol–water partition coefficient (Wildman–Crippen LogP) is 1.41. The van der Waals surface area contributed by atoms with Crippen LogP contribution in [0.4, 0.5) is 0 Å². The number of piperazine rings is 1. The lowest BCUT2D eigenvalue weighted by Gasteiger charge is -2.34. The van der Waals surface area contributed by atoms with E-state index in [1.165, 1.54) is 52.0 Å². The largest absolute Gasteiger partial charge is 0.378 e. The molecule has 0 aliphatic carbocycles. The first kappa shape index (κ1) is 12.6. The van der Waals surface area contributed by atoms with Crippen molar-refractivity contribution >= 4 is 11.6 Å². The van der Waals surface area contributed by atoms with Crippen LogP contribution < -0.4 is 0 Å². The fourth-order valence-electron chi connectivity index (χ4n) is 2.55. The number of alkyl halides is 1. The predicted molar refractivity (Wildman–Crippen MR) is 67.2 cm³/mol. The van der Waals surface area contributed by atoms with Gasteiger partial charge in [0.05, 0.1) is 6.10 Å². The topological polar surface area (TPSA) is 15.7 Å². The molecule has 0 N–H and O–H groups in total. The average Bonchev–Trinajstić information content (AvgIpc) is 2.82. The lowest BCUT2D eigenvalue weighted by atomic mass is 10.1. The molecular weight excluding hydrogens is 224 g/mol. The summed E-state index contributed by atoms with van der Waals surface area (Å²) in [4.78, 5) is 5.02. The Morgan fingerprint density at radius 2 is 1.75 bits per heavy atom. The maximum absolute atomic E-state index is 5.75. The second-order valence-corrected chi connectivity index (χ2v) is 5.17. The third kappa shape index (κ3) is 3.88. The standard InChI is InChI=1S/C12H23ClN2O/c13-4-6-15-9-7-14(8-10-15)5-3-12-2-1-11-16-12/h12H,1-11H2. The van der Waals surface area contributed by atoms with Gasteiger partial charge in [-0.05, 0) is 19.3 Å². The van der Waals surface area contributed by atoms with Gasteiger partial charge in [0.2, 0.25) is 0 Å². The van der Waals surface area contributed by atoms with E-state index in [0.717, 1.165) is 19.0 Å². The highest BCUT2D eigenvalue weighted by Gasteiger charge is 2.19. The smallest absolute Gasteiger partial charge is 0.0588 e. The summed E-state index contributed by atoms with van der Waals surface area (Å²) in [6.45, 7) is 7.98. The van der Waals surface area contributed by atoms with Gasteiger partial charge in [0, 0.05) is 51.8 Å². The fourth-order valence-corrected chi connectivity index (χ4v) is 2.79. The molecule has 94 valence electrons. The van der Waals surface area contributed by atoms with Gasteiger partial charge in [0.25, 0.3) is 0 Å². The van der Waals surface area contributed by atoms with Crippen LogP contribution in [-0.4, -0.2) is 67.7 Å². The molecule has 4 heteroatoms. The van der Waals surface area contributed by atoms with Gasteiger partial charge < -0.3 is 9.64 Å². The van der Waals surface area contributed by atoms with E-state index in [0.29, 0.717) is 6.10 Å². The number of rotatable bonds is 5. The van der Waals surface area contributed by atoms with Crippen molar-refractivity contribution in [2.75, 3.05) is 51.8 Å². The molecule has 0 aromatic carbocycles. The molecule has 0 aromatic rings. The lowest BCUT2D eigenvalue weighted by molar-refractivity contribution is 0.0787. The van der Waals surface area contributed by atoms with Crippen LogP contribution >= 0.6 is 11.6 Å². The van der Waals surface area contributed by atoms with Gasteiger partial charge in [-0.3, -0.25) is 4.90 Å². The monoisotopic (exact) mass is 246 g/mol. The van der Waals surface area contributed by atoms with Gasteiger partial charge in [-0.15, -0.1) is 11.6 Å². The van der Waals surface area contributed by atoms with Gasteiger partial charge in [-0.2, -0.15) is 0 Å². The van der Waals surface area contributed by atoms with Gasteiger partial charge >= 0.3 is 0 Å². The second-order valence-electron chi connectivity index (χ2n) is 4.80. The third-order valence-electron chi connectivity index (χ3n) is 3.66. The minimum Gasteiger partial charge on any atom is -0.378 e. The van der Waals surface area contributed by atoms with Crippen LogP contribution in [0.25, 0.3) is 0 Å². The molecule has 2 aliphatic rings. The van der Waals surface area contributed by atoms with Gasteiger partial charge in [-0.25, -0.2) is 0 Å². The van der Waals surface area contributed by atoms with E-state index in [-0.39, 0.29) is 0 Å². The van der Waals surface area contributed by atoms with Gasteiger partial charge in [0.1, 0.15) is 0 Å². The molecular formula is C12H23ClN2O. The van der Waals surface area contributed by atoms with Gasteiger partial charge in [-0.1, -0.05) is 0 Å². The van der Waals surface area contributed by atoms with E-state index in [9.17, 15) is 0 Å². The van der Waals surface area contributed by atoms with E-state index >= 15 is 0 Å². The summed E-state index contributed by atoms with van der Waals surface area (Å²) in [7, 11) is 0. The van der Waals surface area contributed by atoms with E-state index < -0.39 is 0 Å². The van der Waals surface area contributed by atoms with Crippen molar-refractivity contribution < 1.29 is 4.74 Å². The molecule has 1 unspecified atom stereocenters. The highest BCUT2D eigenvalue weighted by Crippen LogP contribution is 2.16. The average molecular weight is 247 g/mol. The molecule has 2 heterocycles. The maximum atomic E-state index is 5.75. The quantitative estimate of drug-likeness (QED) is 0.683. The van der Waals surface area contributed by atoms with Crippen LogP contribution in [-0.2, 0) is 4.74 Å². The van der Waals surface area contributed by atoms with Crippen LogP contribution in [0, 0.1) is 0 Å². The summed E-state index contributed by atoms with van der Waals surface area (Å²) in [6, 6.07) is 0. The molecule has 2 rings (SSSR count). The molecule has 0 amide bonds. The van der Waals surface area contributed by atoms with Crippen LogP contribution in [0.15, 0.2) is 0 Å². The number of hydrogen-bond acceptors (Lipinski definition) is 3. The highest BCUT2D eigenvalue weighted by atomic mass is 35.5. The Hall–Kier alpha value is 0.170. The summed E-state index contributed by atoms with van der Waals surface area (Å²) < 4.78 is 5.65. The second kappa shape index (κ2) is 6.80. The van der Waals surface area contributed by atoms with Crippen molar-refractivity contribution in [3.63, 3.8) is 0 Å². The van der Waals surface area contributed by atoms with Crippen molar-refractivity contribution in [3.8, 4) is 0 Å². The van der Waals surface area contributed by atoms with Crippen molar-refractivity contribution in [3.05, 3.63) is 0 Å². The minimum absolute atomic E-state index is 0.542. The van der Waals surface area contributed by atoms with E-state index in [4.69, 9.17) is 16.3 Å². The zero-order valence-corrected chi connectivity index (χ0v) is 10.8. The van der Waals surface area contributed by atoms with Crippen LogP contribution in [0.2, 0.25) is 0 Å². The molecule has 16 heavy (non-hydrogen) atoms. The Bertz CT molecular complexity index is 189. The zero-order chi connectivity index (χ0) is 11.2. The molecule has 0 radical (unpaired) electrons. The zero-order valence-electron chi connectivity index (χ0n) is 10.0. The van der Waals surface area contributed by atoms with Crippen LogP contribution in [0.3, 0.4) is 0 Å². The van der Waals surface area contributed by atoms with E-state index in [1.54, 1.807) is 0 Å². The lowest BCUT2D eigenvalue weighted by Crippen LogP contribution is -2.47. The Labute approximate surface area is 104 Å². The molecule has 2 aliphatic heterocycles. The molecule has 1 atom stereocenters. The Kier molecular flexibility index (Phi) is 5.36. The molecule has 0 saturated carbocycles. The summed E-state index contributed by atoms with van der Waals surface area (Å²) in [5, 5.41) is 0. The highest BCUT2D eigenvalue weighted by molar-refractivity contribution is 6.18. The first-order valence-corrected chi connectivity index (χ1v) is 7.04. The Morgan fingerprint density at radius 3 is 2.31 bits per heavy atom. The van der Waals surface area contributed by atoms with Crippen molar-refractivity contribution in [1.29, 1.82) is 0 Å². The first-order valence-electron chi connectivity index (χ1n) is 6.51. The summed E-state index contributed by atoms with van der Waals surface area (Å²) >= 11 is 5.75. The van der Waals surface area contributed by atoms with Crippen LogP contribution in [0.5, 0.6) is 0 Å². The number of nitrogens with zero attached hydrogens (tertiary/aromatic N) is 2. The van der Waals surface area contributed by atoms with E-state index in [1.807, 2.05) is 0 Å². The van der Waals surface area contributed by atoms with Crippen LogP contribution in [0.1, 0.15) is 19.3 Å². The molecule has 0 bridgehead atoms. The maximum Gasteiger partial charge on any atom is 0.0588 e. The Balaban J connectivity index is 1.57. The molecule has 2 fully saturated rings. The summed E-state index contributed by atoms with van der Waals surface area (Å²) in [5.41, 5.74) is 0. The molecule has 0 aromatic heterocycles. The summed E-state index contributed by atoms with van der Waals surface area (Å²) in [5.74, 6) is 0.760. The van der Waals surface area contributed by atoms with E-state index in [2.05, 4.69) is 9.80 Å². The SMILES string of the molecule is ClCCN1CCN(CCC2CCCO2)CC1. The van der Waals surface area contributed by atoms with Crippen molar-refractivity contribution in [2.45, 2.75) is 25.4 Å². The minimum atomic E-state index is 0.542. The van der Waals surface area contributed by atoms with Crippen molar-refractivity contribution in [1.82, 2.24) is 9.80 Å². The first-order chi connectivity index (χ1) is 7.88. The number of hydrogen-bond donors (Lipinski definition) is 0. The van der Waals surface area contributed by atoms with Crippen molar-refractivity contribution in [2.24, 2.45) is 0 Å².